The molecule has 1 unspecified atom stereocenters. The van der Waals surface area contributed by atoms with Gasteiger partial charge in [0.25, 0.3) is 5.91 Å². The molecule has 1 saturated heterocycles. The van der Waals surface area contributed by atoms with E-state index in [-0.39, 0.29) is 12.3 Å². The molecule has 1 fully saturated rings. The smallest absolute Gasteiger partial charge is 0.253 e. The number of carbonyl (C=O) groups excluding carboxylic acids is 3. The van der Waals surface area contributed by atoms with Crippen LogP contribution in [0.1, 0.15) is 16.8 Å². The molecule has 2 N–H and O–H groups in total. The number of nitrogens with zero attached hydrogens (tertiary/aromatic N) is 2. The molecular formula is C12H10N4O3. The van der Waals surface area contributed by atoms with Crippen LogP contribution in [0.2, 0.25) is 0 Å². The number of imide groups is 1. The summed E-state index contributed by atoms with van der Waals surface area (Å²) in [6.45, 7) is 0. The third-order valence-corrected chi connectivity index (χ3v) is 2.92. The Hall–Kier alpha value is -2.70. The van der Waals surface area contributed by atoms with Crippen molar-refractivity contribution < 1.29 is 14.4 Å². The van der Waals surface area contributed by atoms with Crippen molar-refractivity contribution in [1.82, 2.24) is 20.0 Å². The summed E-state index contributed by atoms with van der Waals surface area (Å²) >= 11 is 0. The number of rotatable bonds is 2. The van der Waals surface area contributed by atoms with Gasteiger partial charge in [-0.2, -0.15) is 0 Å². The molecule has 0 aromatic carbocycles. The van der Waals surface area contributed by atoms with E-state index in [2.05, 4.69) is 15.6 Å². The predicted octanol–water partition coefficient (Wildman–Crippen LogP) is -0.521. The highest BCUT2D eigenvalue weighted by Gasteiger charge is 2.31. The minimum absolute atomic E-state index is 0.0160. The Morgan fingerprint density at radius 3 is 3.00 bits per heavy atom. The van der Waals surface area contributed by atoms with Crippen LogP contribution < -0.4 is 10.6 Å². The first-order chi connectivity index (χ1) is 9.13. The van der Waals surface area contributed by atoms with E-state index in [4.69, 9.17) is 0 Å². The molecule has 2 aromatic rings. The highest BCUT2D eigenvalue weighted by Crippen LogP contribution is 2.07. The van der Waals surface area contributed by atoms with Crippen LogP contribution in [0.5, 0.6) is 0 Å². The lowest BCUT2D eigenvalue weighted by molar-refractivity contribution is -0.125. The van der Waals surface area contributed by atoms with E-state index >= 15 is 0 Å². The molecule has 96 valence electrons. The fraction of sp³-hybridized carbons (Fsp3) is 0.167. The molecule has 2 aromatic heterocycles. The summed E-state index contributed by atoms with van der Waals surface area (Å²) in [7, 11) is 0. The van der Waals surface area contributed by atoms with Crippen LogP contribution in [0.25, 0.3) is 5.65 Å². The first kappa shape index (κ1) is 11.4. The van der Waals surface area contributed by atoms with E-state index in [9.17, 15) is 14.4 Å². The van der Waals surface area contributed by atoms with E-state index in [0.29, 0.717) is 5.56 Å². The number of carbonyl (C=O) groups is 3. The molecule has 3 amide bonds. The van der Waals surface area contributed by atoms with Crippen LogP contribution in [0, 0.1) is 0 Å². The zero-order valence-corrected chi connectivity index (χ0v) is 9.79. The molecule has 3 rings (SSSR count). The lowest BCUT2D eigenvalue weighted by Gasteiger charge is -2.09. The third-order valence-electron chi connectivity index (χ3n) is 2.92. The zero-order chi connectivity index (χ0) is 13.4. The van der Waals surface area contributed by atoms with Crippen LogP contribution in [0.3, 0.4) is 0 Å². The summed E-state index contributed by atoms with van der Waals surface area (Å²) < 4.78 is 1.70. The van der Waals surface area contributed by atoms with Crippen molar-refractivity contribution in [2.45, 2.75) is 12.5 Å². The van der Waals surface area contributed by atoms with E-state index in [1.165, 1.54) is 0 Å². The maximum atomic E-state index is 12.0. The fourth-order valence-corrected chi connectivity index (χ4v) is 1.97. The molecule has 0 aliphatic carbocycles. The average molecular weight is 258 g/mol. The number of nitrogens with one attached hydrogen (secondary N) is 2. The van der Waals surface area contributed by atoms with Gasteiger partial charge in [0.05, 0.1) is 12.0 Å². The lowest BCUT2D eigenvalue weighted by atomic mass is 10.2. The second kappa shape index (κ2) is 4.20. The lowest BCUT2D eigenvalue weighted by Crippen LogP contribution is -2.40. The van der Waals surface area contributed by atoms with Gasteiger partial charge in [0.15, 0.2) is 0 Å². The Morgan fingerprint density at radius 2 is 2.26 bits per heavy atom. The molecule has 0 bridgehead atoms. The Labute approximate surface area is 107 Å². The van der Waals surface area contributed by atoms with E-state index in [1.54, 1.807) is 35.1 Å². The fourth-order valence-electron chi connectivity index (χ4n) is 1.97. The van der Waals surface area contributed by atoms with Gasteiger partial charge in [-0.3, -0.25) is 19.7 Å². The summed E-state index contributed by atoms with van der Waals surface area (Å²) in [5.41, 5.74) is 1.13. The molecule has 1 atom stereocenters. The molecule has 3 heterocycles. The molecule has 1 aliphatic heterocycles. The number of imidazole rings is 1. The molecular weight excluding hydrogens is 248 g/mol. The number of pyridine rings is 1. The molecule has 0 radical (unpaired) electrons. The first-order valence-corrected chi connectivity index (χ1v) is 5.71. The van der Waals surface area contributed by atoms with Gasteiger partial charge in [0, 0.05) is 18.6 Å². The van der Waals surface area contributed by atoms with Gasteiger partial charge < -0.3 is 9.72 Å². The maximum Gasteiger partial charge on any atom is 0.253 e. The van der Waals surface area contributed by atoms with Gasteiger partial charge >= 0.3 is 0 Å². The van der Waals surface area contributed by atoms with Crippen LogP contribution in [-0.2, 0) is 9.59 Å². The number of aromatic nitrogens is 2. The topological polar surface area (TPSA) is 92.6 Å². The van der Waals surface area contributed by atoms with Gasteiger partial charge in [0.2, 0.25) is 11.8 Å². The van der Waals surface area contributed by atoms with Crippen molar-refractivity contribution in [2.75, 3.05) is 0 Å². The first-order valence-electron chi connectivity index (χ1n) is 5.71. The molecule has 7 nitrogen and oxygen atoms in total. The van der Waals surface area contributed by atoms with Crippen molar-refractivity contribution in [2.24, 2.45) is 0 Å². The third kappa shape index (κ3) is 2.05. The second-order valence-electron chi connectivity index (χ2n) is 4.25. The normalized spacial score (nSPS) is 18.6. The second-order valence-corrected chi connectivity index (χ2v) is 4.25. The Morgan fingerprint density at radius 1 is 1.42 bits per heavy atom. The van der Waals surface area contributed by atoms with Gasteiger partial charge in [-0.05, 0) is 12.1 Å². The number of hydrogen-bond donors (Lipinski definition) is 2. The summed E-state index contributed by atoms with van der Waals surface area (Å²) in [6.07, 6.45) is 4.95. The quantitative estimate of drug-likeness (QED) is 0.709. The Kier molecular flexibility index (Phi) is 2.52. The highest BCUT2D eigenvalue weighted by molar-refractivity contribution is 6.08. The molecule has 0 saturated carbocycles. The van der Waals surface area contributed by atoms with E-state index in [0.717, 1.165) is 5.65 Å². The standard InChI is InChI=1S/C12H10N4O3/c17-10-5-8(12(19)15-10)14-11(18)7-1-2-9-13-3-4-16(9)6-7/h1-4,6,8H,5H2,(H,14,18)(H,15,17,19). The van der Waals surface area contributed by atoms with Crippen molar-refractivity contribution in [1.29, 1.82) is 0 Å². The summed E-state index contributed by atoms with van der Waals surface area (Å²) in [5, 5.41) is 4.67. The maximum absolute atomic E-state index is 12.0. The summed E-state index contributed by atoms with van der Waals surface area (Å²) in [6, 6.07) is 2.53. The van der Waals surface area contributed by atoms with Gasteiger partial charge in [0.1, 0.15) is 11.7 Å². The average Bonchev–Trinajstić information content (AvgIpc) is 2.95. The van der Waals surface area contributed by atoms with Gasteiger partial charge in [-0.15, -0.1) is 0 Å². The van der Waals surface area contributed by atoms with Gasteiger partial charge in [-0.25, -0.2) is 4.98 Å². The van der Waals surface area contributed by atoms with Crippen LogP contribution >= 0.6 is 0 Å². The minimum atomic E-state index is -0.793. The van der Waals surface area contributed by atoms with Crippen molar-refractivity contribution >= 4 is 23.4 Å². The molecule has 1 aliphatic rings. The van der Waals surface area contributed by atoms with Crippen molar-refractivity contribution in [3.05, 3.63) is 36.3 Å². The van der Waals surface area contributed by atoms with Crippen LogP contribution in [-0.4, -0.2) is 33.1 Å². The Bertz CT molecular complexity index is 691. The summed E-state index contributed by atoms with van der Waals surface area (Å²) in [4.78, 5) is 38.4. The highest BCUT2D eigenvalue weighted by atomic mass is 16.2. The number of hydrogen-bond acceptors (Lipinski definition) is 4. The van der Waals surface area contributed by atoms with E-state index in [1.807, 2.05) is 0 Å². The largest absolute Gasteiger partial charge is 0.340 e. The van der Waals surface area contributed by atoms with Crippen molar-refractivity contribution in [3.8, 4) is 0 Å². The molecule has 19 heavy (non-hydrogen) atoms. The minimum Gasteiger partial charge on any atom is -0.340 e. The SMILES string of the molecule is O=C1CC(NC(=O)c2ccc3nccn3c2)C(=O)N1. The van der Waals surface area contributed by atoms with E-state index < -0.39 is 17.9 Å². The van der Waals surface area contributed by atoms with Gasteiger partial charge in [-0.1, -0.05) is 0 Å². The monoisotopic (exact) mass is 258 g/mol. The Balaban J connectivity index is 1.80. The number of fused-ring (bicyclic) bond motifs is 1. The zero-order valence-electron chi connectivity index (χ0n) is 9.79. The van der Waals surface area contributed by atoms with Crippen LogP contribution in [0.15, 0.2) is 30.7 Å². The molecule has 7 heteroatoms. The predicted molar refractivity (Wildman–Crippen MR) is 64.2 cm³/mol. The summed E-state index contributed by atoms with van der Waals surface area (Å²) in [5.74, 6) is -1.24. The molecule has 0 spiro atoms. The van der Waals surface area contributed by atoms with Crippen molar-refractivity contribution in [3.63, 3.8) is 0 Å². The number of amides is 3. The van der Waals surface area contributed by atoms with Crippen LogP contribution in [0.4, 0.5) is 0 Å².